The first-order chi connectivity index (χ1) is 14.2. The van der Waals surface area contributed by atoms with Gasteiger partial charge in [0.25, 0.3) is 0 Å². The minimum absolute atomic E-state index is 0.0100. The second-order valence-electron chi connectivity index (χ2n) is 8.88. The summed E-state index contributed by atoms with van der Waals surface area (Å²) in [5, 5.41) is 9.23. The summed E-state index contributed by atoms with van der Waals surface area (Å²) in [6, 6.07) is 15.3. The van der Waals surface area contributed by atoms with E-state index in [4.69, 9.17) is 0 Å². The van der Waals surface area contributed by atoms with Crippen LogP contribution in [0.3, 0.4) is 0 Å². The molecule has 0 spiro atoms. The Morgan fingerprint density at radius 3 is 2.55 bits per heavy atom. The van der Waals surface area contributed by atoms with Crippen molar-refractivity contribution >= 4 is 16.8 Å². The predicted molar refractivity (Wildman–Crippen MR) is 120 cm³/mol. The molecular weight excluding hydrogens is 358 g/mol. The van der Waals surface area contributed by atoms with E-state index in [-0.39, 0.29) is 12.1 Å². The van der Waals surface area contributed by atoms with Gasteiger partial charge < -0.3 is 15.5 Å². The molecule has 29 heavy (non-hydrogen) atoms. The Hall–Kier alpha value is -2.07. The molecule has 4 rings (SSSR count). The van der Waals surface area contributed by atoms with Crippen molar-refractivity contribution in [2.45, 2.75) is 64.0 Å². The van der Waals surface area contributed by atoms with Crippen LogP contribution < -0.4 is 10.6 Å². The highest BCUT2D eigenvalue weighted by molar-refractivity contribution is 5.86. The smallest absolute Gasteiger partial charge is 0.318 e. The van der Waals surface area contributed by atoms with Crippen molar-refractivity contribution in [1.82, 2.24) is 15.5 Å². The number of rotatable bonds is 5. The standard InChI is InChI=1S/C25H35N3O/c1-19(23-13-7-11-21-10-5-6-12-24(21)23)27-25(29)28(22-14-16-26-17-15-22)18-20-8-3-2-4-9-20/h5-7,10-13,19-20,22,26H,2-4,8-9,14-18H2,1H3,(H,27,29). The fourth-order valence-electron chi connectivity index (χ4n) is 5.14. The van der Waals surface area contributed by atoms with E-state index in [1.165, 1.54) is 48.4 Å². The fourth-order valence-corrected chi connectivity index (χ4v) is 5.14. The van der Waals surface area contributed by atoms with Crippen LogP contribution in [0.15, 0.2) is 42.5 Å². The van der Waals surface area contributed by atoms with E-state index in [0.29, 0.717) is 12.0 Å². The number of fused-ring (bicyclic) bond motifs is 1. The van der Waals surface area contributed by atoms with E-state index < -0.39 is 0 Å². The maximum atomic E-state index is 13.4. The lowest BCUT2D eigenvalue weighted by molar-refractivity contribution is 0.134. The van der Waals surface area contributed by atoms with Gasteiger partial charge in [0, 0.05) is 12.6 Å². The van der Waals surface area contributed by atoms with Gasteiger partial charge in [0.15, 0.2) is 0 Å². The van der Waals surface area contributed by atoms with Gasteiger partial charge >= 0.3 is 6.03 Å². The second-order valence-corrected chi connectivity index (χ2v) is 8.88. The van der Waals surface area contributed by atoms with Gasteiger partial charge in [-0.1, -0.05) is 61.7 Å². The molecule has 0 bridgehead atoms. The van der Waals surface area contributed by atoms with Crippen LogP contribution in [0, 0.1) is 5.92 Å². The monoisotopic (exact) mass is 393 g/mol. The molecule has 1 saturated heterocycles. The maximum Gasteiger partial charge on any atom is 0.318 e. The van der Waals surface area contributed by atoms with Crippen molar-refractivity contribution < 1.29 is 4.79 Å². The second kappa shape index (κ2) is 9.62. The van der Waals surface area contributed by atoms with Gasteiger partial charge in [-0.15, -0.1) is 0 Å². The molecule has 1 saturated carbocycles. The molecule has 1 atom stereocenters. The molecule has 1 aliphatic carbocycles. The highest BCUT2D eigenvalue weighted by Gasteiger charge is 2.29. The molecule has 2 aromatic carbocycles. The molecular formula is C25H35N3O. The van der Waals surface area contributed by atoms with Crippen molar-refractivity contribution in [2.24, 2.45) is 5.92 Å². The van der Waals surface area contributed by atoms with Crippen molar-refractivity contribution in [3.05, 3.63) is 48.0 Å². The molecule has 4 nitrogen and oxygen atoms in total. The molecule has 156 valence electrons. The number of hydrogen-bond acceptors (Lipinski definition) is 2. The average Bonchev–Trinajstić information content (AvgIpc) is 2.78. The number of benzene rings is 2. The Morgan fingerprint density at radius 2 is 1.76 bits per heavy atom. The first-order valence-electron chi connectivity index (χ1n) is 11.5. The quantitative estimate of drug-likeness (QED) is 0.729. The van der Waals surface area contributed by atoms with E-state index in [9.17, 15) is 4.79 Å². The number of nitrogens with one attached hydrogen (secondary N) is 2. The van der Waals surface area contributed by atoms with Crippen LogP contribution >= 0.6 is 0 Å². The minimum Gasteiger partial charge on any atom is -0.331 e. The Balaban J connectivity index is 1.50. The summed E-state index contributed by atoms with van der Waals surface area (Å²) in [5.74, 6) is 0.664. The van der Waals surface area contributed by atoms with E-state index in [1.807, 2.05) is 0 Å². The zero-order valence-corrected chi connectivity index (χ0v) is 17.7. The highest BCUT2D eigenvalue weighted by Crippen LogP contribution is 2.28. The molecule has 4 heteroatoms. The number of amides is 2. The summed E-state index contributed by atoms with van der Waals surface area (Å²) >= 11 is 0. The molecule has 2 fully saturated rings. The van der Waals surface area contributed by atoms with Gasteiger partial charge in [-0.3, -0.25) is 0 Å². The summed E-state index contributed by atoms with van der Waals surface area (Å²) in [6.07, 6.45) is 8.65. The summed E-state index contributed by atoms with van der Waals surface area (Å²) in [5.41, 5.74) is 1.19. The van der Waals surface area contributed by atoms with Gasteiger partial charge in [-0.05, 0) is 68.0 Å². The number of hydrogen-bond donors (Lipinski definition) is 2. The minimum atomic E-state index is -0.0100. The van der Waals surface area contributed by atoms with Crippen LogP contribution in [0.5, 0.6) is 0 Å². The normalized spacial score (nSPS) is 19.8. The lowest BCUT2D eigenvalue weighted by atomic mass is 9.88. The van der Waals surface area contributed by atoms with E-state index >= 15 is 0 Å². The third-order valence-electron chi connectivity index (χ3n) is 6.82. The Kier molecular flexibility index (Phi) is 6.70. The Morgan fingerprint density at radius 1 is 1.03 bits per heavy atom. The largest absolute Gasteiger partial charge is 0.331 e. The van der Waals surface area contributed by atoms with Gasteiger partial charge in [0.1, 0.15) is 0 Å². The molecule has 1 heterocycles. The number of nitrogens with zero attached hydrogens (tertiary/aromatic N) is 1. The zero-order chi connectivity index (χ0) is 20.1. The molecule has 0 radical (unpaired) electrons. The van der Waals surface area contributed by atoms with E-state index in [2.05, 4.69) is 64.9 Å². The number of urea groups is 1. The van der Waals surface area contributed by atoms with Crippen LogP contribution in [0.25, 0.3) is 10.8 Å². The van der Waals surface area contributed by atoms with Gasteiger partial charge in [0.05, 0.1) is 6.04 Å². The third-order valence-corrected chi connectivity index (χ3v) is 6.82. The molecule has 2 aromatic rings. The lowest BCUT2D eigenvalue weighted by Gasteiger charge is -2.38. The molecule has 1 unspecified atom stereocenters. The molecule has 2 N–H and O–H groups in total. The summed E-state index contributed by atoms with van der Waals surface area (Å²) < 4.78 is 0. The van der Waals surface area contributed by atoms with Gasteiger partial charge in [-0.2, -0.15) is 0 Å². The summed E-state index contributed by atoms with van der Waals surface area (Å²) in [6.45, 7) is 5.05. The Labute approximate surface area is 175 Å². The number of carbonyl (C=O) groups is 1. The first kappa shape index (κ1) is 20.2. The van der Waals surface area contributed by atoms with Gasteiger partial charge in [0.2, 0.25) is 0 Å². The highest BCUT2D eigenvalue weighted by atomic mass is 16.2. The third kappa shape index (κ3) is 4.92. The van der Waals surface area contributed by atoms with Gasteiger partial charge in [-0.25, -0.2) is 4.79 Å². The average molecular weight is 394 g/mol. The molecule has 2 amide bonds. The molecule has 1 aliphatic heterocycles. The van der Waals surface area contributed by atoms with Crippen LogP contribution in [0.1, 0.15) is 63.5 Å². The van der Waals surface area contributed by atoms with Crippen molar-refractivity contribution in [1.29, 1.82) is 0 Å². The topological polar surface area (TPSA) is 44.4 Å². The van der Waals surface area contributed by atoms with E-state index in [1.54, 1.807) is 0 Å². The number of carbonyl (C=O) groups excluding carboxylic acids is 1. The van der Waals surface area contributed by atoms with Crippen molar-refractivity contribution in [3.63, 3.8) is 0 Å². The van der Waals surface area contributed by atoms with Crippen LogP contribution in [0.2, 0.25) is 0 Å². The summed E-state index contributed by atoms with van der Waals surface area (Å²) in [4.78, 5) is 15.6. The van der Waals surface area contributed by atoms with Crippen LogP contribution in [-0.4, -0.2) is 36.6 Å². The van der Waals surface area contributed by atoms with Crippen molar-refractivity contribution in [3.8, 4) is 0 Å². The van der Waals surface area contributed by atoms with Crippen LogP contribution in [-0.2, 0) is 0 Å². The number of piperidine rings is 1. The van der Waals surface area contributed by atoms with Crippen molar-refractivity contribution in [2.75, 3.05) is 19.6 Å². The Bertz CT molecular complexity index is 803. The molecule has 2 aliphatic rings. The fraction of sp³-hybridized carbons (Fsp3) is 0.560. The SMILES string of the molecule is CC(NC(=O)N(CC1CCCCC1)C1CCNCC1)c1cccc2ccccc12. The predicted octanol–water partition coefficient (Wildman–Crippen LogP) is 5.24. The maximum absolute atomic E-state index is 13.4. The molecule has 0 aromatic heterocycles. The van der Waals surface area contributed by atoms with E-state index in [0.717, 1.165) is 32.5 Å². The van der Waals surface area contributed by atoms with Crippen LogP contribution in [0.4, 0.5) is 4.79 Å². The first-order valence-corrected chi connectivity index (χ1v) is 11.5. The zero-order valence-electron chi connectivity index (χ0n) is 17.7. The lowest BCUT2D eigenvalue weighted by Crippen LogP contribution is -2.52. The summed E-state index contributed by atoms with van der Waals surface area (Å²) in [7, 11) is 0.